The SMILES string of the molecule is CCCC(C)=CC(=CC=C(C)C1(c2nccc(C)n2)CC1)C(=O)NO. The van der Waals surface area contributed by atoms with Crippen molar-refractivity contribution in [2.45, 2.75) is 58.8 Å². The van der Waals surface area contributed by atoms with E-state index in [2.05, 4.69) is 16.9 Å². The van der Waals surface area contributed by atoms with Gasteiger partial charge in [-0.3, -0.25) is 10.0 Å². The smallest absolute Gasteiger partial charge is 0.274 e. The monoisotopic (exact) mass is 341 g/mol. The highest BCUT2D eigenvalue weighted by Gasteiger charge is 2.48. The minimum absolute atomic E-state index is 0.120. The Labute approximate surface area is 149 Å². The van der Waals surface area contributed by atoms with Crippen LogP contribution in [0.5, 0.6) is 0 Å². The normalized spacial score (nSPS) is 17.4. The molecule has 1 fully saturated rings. The van der Waals surface area contributed by atoms with E-state index in [0.717, 1.165) is 48.3 Å². The fourth-order valence-corrected chi connectivity index (χ4v) is 2.96. The van der Waals surface area contributed by atoms with Crippen molar-refractivity contribution < 1.29 is 10.0 Å². The molecule has 0 aliphatic heterocycles. The zero-order chi connectivity index (χ0) is 18.4. The number of hydrogen-bond acceptors (Lipinski definition) is 4. The number of carbonyl (C=O) groups excluding carboxylic acids is 1. The Bertz CT molecular complexity index is 728. The van der Waals surface area contributed by atoms with Crippen molar-refractivity contribution in [1.82, 2.24) is 15.4 Å². The van der Waals surface area contributed by atoms with E-state index in [-0.39, 0.29) is 5.41 Å². The predicted octanol–water partition coefficient (Wildman–Crippen LogP) is 3.94. The molecule has 0 spiro atoms. The van der Waals surface area contributed by atoms with Crippen molar-refractivity contribution in [2.75, 3.05) is 0 Å². The summed E-state index contributed by atoms with van der Waals surface area (Å²) in [6, 6.07) is 1.89. The van der Waals surface area contributed by atoms with Gasteiger partial charge in [-0.05, 0) is 52.2 Å². The highest BCUT2D eigenvalue weighted by atomic mass is 16.5. The van der Waals surface area contributed by atoms with Gasteiger partial charge in [-0.15, -0.1) is 0 Å². The van der Waals surface area contributed by atoms with Crippen LogP contribution in [0.4, 0.5) is 0 Å². The van der Waals surface area contributed by atoms with E-state index in [1.165, 1.54) is 0 Å². The van der Waals surface area contributed by atoms with Gasteiger partial charge in [0.1, 0.15) is 5.82 Å². The number of carbonyl (C=O) groups is 1. The third kappa shape index (κ3) is 4.63. The highest BCUT2D eigenvalue weighted by Crippen LogP contribution is 2.52. The number of aryl methyl sites for hydroxylation is 1. The summed E-state index contributed by atoms with van der Waals surface area (Å²) in [5.41, 5.74) is 5.23. The number of rotatable bonds is 7. The molecular formula is C20H27N3O2. The minimum atomic E-state index is -0.504. The number of allylic oxidation sites excluding steroid dienone is 4. The van der Waals surface area contributed by atoms with Crippen LogP contribution in [-0.2, 0) is 10.2 Å². The molecular weight excluding hydrogens is 314 g/mol. The summed E-state index contributed by atoms with van der Waals surface area (Å²) in [6.45, 7) is 8.09. The second-order valence-electron chi connectivity index (χ2n) is 6.76. The van der Waals surface area contributed by atoms with Gasteiger partial charge in [0.15, 0.2) is 0 Å². The number of hydrogen-bond donors (Lipinski definition) is 2. The van der Waals surface area contributed by atoms with Crippen LogP contribution in [0, 0.1) is 6.92 Å². The molecule has 5 heteroatoms. The van der Waals surface area contributed by atoms with E-state index < -0.39 is 5.91 Å². The summed E-state index contributed by atoms with van der Waals surface area (Å²) in [5.74, 6) is 0.344. The molecule has 1 aromatic heterocycles. The molecule has 1 aliphatic carbocycles. The molecule has 0 radical (unpaired) electrons. The molecule has 1 aromatic rings. The van der Waals surface area contributed by atoms with Gasteiger partial charge in [-0.1, -0.05) is 36.6 Å². The van der Waals surface area contributed by atoms with Gasteiger partial charge in [0.2, 0.25) is 0 Å². The van der Waals surface area contributed by atoms with Crippen molar-refractivity contribution in [1.29, 1.82) is 0 Å². The Morgan fingerprint density at radius 1 is 1.36 bits per heavy atom. The Morgan fingerprint density at radius 2 is 2.08 bits per heavy atom. The third-order valence-corrected chi connectivity index (χ3v) is 4.65. The van der Waals surface area contributed by atoms with Crippen LogP contribution in [0.1, 0.15) is 58.0 Å². The number of amides is 1. The van der Waals surface area contributed by atoms with E-state index in [9.17, 15) is 4.79 Å². The van der Waals surface area contributed by atoms with Crippen LogP contribution in [0.3, 0.4) is 0 Å². The fraction of sp³-hybridized carbons (Fsp3) is 0.450. The molecule has 1 aliphatic rings. The van der Waals surface area contributed by atoms with Gasteiger partial charge in [-0.2, -0.15) is 0 Å². The zero-order valence-electron chi connectivity index (χ0n) is 15.5. The van der Waals surface area contributed by atoms with Gasteiger partial charge in [0, 0.05) is 17.5 Å². The molecule has 5 nitrogen and oxygen atoms in total. The zero-order valence-corrected chi connectivity index (χ0v) is 15.5. The van der Waals surface area contributed by atoms with Crippen molar-refractivity contribution in [3.8, 4) is 0 Å². The van der Waals surface area contributed by atoms with Crippen LogP contribution in [-0.4, -0.2) is 21.1 Å². The van der Waals surface area contributed by atoms with Crippen LogP contribution in [0.25, 0.3) is 0 Å². The first kappa shape index (κ1) is 19.1. The average molecular weight is 341 g/mol. The average Bonchev–Trinajstić information content (AvgIpc) is 3.39. The fourth-order valence-electron chi connectivity index (χ4n) is 2.96. The molecule has 0 unspecified atom stereocenters. The van der Waals surface area contributed by atoms with E-state index in [1.54, 1.807) is 17.8 Å². The van der Waals surface area contributed by atoms with E-state index in [4.69, 9.17) is 5.21 Å². The highest BCUT2D eigenvalue weighted by molar-refractivity contribution is 5.95. The molecule has 2 N–H and O–H groups in total. The van der Waals surface area contributed by atoms with Crippen LogP contribution in [0.15, 0.2) is 47.2 Å². The van der Waals surface area contributed by atoms with Crippen molar-refractivity contribution >= 4 is 5.91 Å². The van der Waals surface area contributed by atoms with Gasteiger partial charge in [0.25, 0.3) is 5.91 Å². The molecule has 0 bridgehead atoms. The molecule has 1 heterocycles. The topological polar surface area (TPSA) is 75.1 Å². The van der Waals surface area contributed by atoms with Crippen molar-refractivity contribution in [2.24, 2.45) is 0 Å². The summed E-state index contributed by atoms with van der Waals surface area (Å²) in [5, 5.41) is 8.98. The number of hydroxylamine groups is 1. The molecule has 1 saturated carbocycles. The quantitative estimate of drug-likeness (QED) is 0.341. The summed E-state index contributed by atoms with van der Waals surface area (Å²) >= 11 is 0. The largest absolute Gasteiger partial charge is 0.288 e. The predicted molar refractivity (Wildman–Crippen MR) is 98.1 cm³/mol. The molecule has 1 amide bonds. The van der Waals surface area contributed by atoms with E-state index in [0.29, 0.717) is 5.57 Å². The number of nitrogens with one attached hydrogen (secondary N) is 1. The lowest BCUT2D eigenvalue weighted by atomic mass is 9.95. The third-order valence-electron chi connectivity index (χ3n) is 4.65. The van der Waals surface area contributed by atoms with E-state index in [1.807, 2.05) is 39.0 Å². The maximum Gasteiger partial charge on any atom is 0.274 e. The molecule has 25 heavy (non-hydrogen) atoms. The van der Waals surface area contributed by atoms with Crippen LogP contribution >= 0.6 is 0 Å². The van der Waals surface area contributed by atoms with Crippen molar-refractivity contribution in [3.05, 3.63) is 58.7 Å². The second kappa shape index (κ2) is 8.21. The molecule has 0 atom stereocenters. The van der Waals surface area contributed by atoms with Gasteiger partial charge < -0.3 is 0 Å². The van der Waals surface area contributed by atoms with Gasteiger partial charge >= 0.3 is 0 Å². The maximum absolute atomic E-state index is 11.9. The summed E-state index contributed by atoms with van der Waals surface area (Å²) in [6.07, 6.45) is 11.3. The lowest BCUT2D eigenvalue weighted by Crippen LogP contribution is -2.20. The number of aromatic nitrogens is 2. The first-order valence-corrected chi connectivity index (χ1v) is 8.73. The molecule has 2 rings (SSSR count). The summed E-state index contributed by atoms with van der Waals surface area (Å²) < 4.78 is 0. The first-order valence-electron chi connectivity index (χ1n) is 8.73. The molecule has 0 saturated heterocycles. The summed E-state index contributed by atoms with van der Waals surface area (Å²) in [7, 11) is 0. The maximum atomic E-state index is 11.9. The molecule has 134 valence electrons. The standard InChI is InChI=1S/C20H27N3O2/c1-5-6-14(2)13-17(18(24)23-25)8-7-15(3)20(10-11-20)19-21-12-9-16(4)22-19/h7-9,12-13,25H,5-6,10-11H2,1-4H3,(H,23,24). The minimum Gasteiger partial charge on any atom is -0.288 e. The van der Waals surface area contributed by atoms with Gasteiger partial charge in [-0.25, -0.2) is 15.4 Å². The van der Waals surface area contributed by atoms with Crippen LogP contribution < -0.4 is 5.48 Å². The lowest BCUT2D eigenvalue weighted by Gasteiger charge is -2.14. The first-order chi connectivity index (χ1) is 11.9. The summed E-state index contributed by atoms with van der Waals surface area (Å²) in [4.78, 5) is 20.9. The van der Waals surface area contributed by atoms with Crippen molar-refractivity contribution in [3.63, 3.8) is 0 Å². The van der Waals surface area contributed by atoms with Crippen LogP contribution in [0.2, 0.25) is 0 Å². The van der Waals surface area contributed by atoms with E-state index >= 15 is 0 Å². The lowest BCUT2D eigenvalue weighted by molar-refractivity contribution is -0.124. The second-order valence-corrected chi connectivity index (χ2v) is 6.76. The molecule has 0 aromatic carbocycles. The number of nitrogens with zero attached hydrogens (tertiary/aromatic N) is 2. The van der Waals surface area contributed by atoms with Gasteiger partial charge in [0.05, 0.1) is 5.41 Å². The Morgan fingerprint density at radius 3 is 2.64 bits per heavy atom. The Kier molecular flexibility index (Phi) is 6.26. The Hall–Kier alpha value is -2.27. The Balaban J connectivity index is 2.31.